The molecule has 166 valence electrons. The largest absolute Gasteiger partial charge is 0.341 e. The number of rotatable bonds is 4. The van der Waals surface area contributed by atoms with Crippen molar-refractivity contribution in [3.8, 4) is 5.69 Å². The molecule has 1 aliphatic rings. The van der Waals surface area contributed by atoms with Crippen molar-refractivity contribution in [1.29, 1.82) is 0 Å². The van der Waals surface area contributed by atoms with Crippen LogP contribution in [-0.2, 0) is 11.2 Å². The number of amides is 2. The van der Waals surface area contributed by atoms with Crippen LogP contribution in [0.3, 0.4) is 0 Å². The first-order chi connectivity index (χ1) is 15.5. The molecular formula is C25H27FN4O2. The zero-order chi connectivity index (χ0) is 22.7. The molecule has 3 aromatic rings. The van der Waals surface area contributed by atoms with Gasteiger partial charge in [-0.2, -0.15) is 5.10 Å². The number of carbonyl (C=O) groups is 2. The van der Waals surface area contributed by atoms with Gasteiger partial charge in [0.15, 0.2) is 0 Å². The molecule has 0 N–H and O–H groups in total. The van der Waals surface area contributed by atoms with Crippen molar-refractivity contribution in [2.24, 2.45) is 0 Å². The number of hydrogen-bond donors (Lipinski definition) is 0. The third-order valence-electron chi connectivity index (χ3n) is 6.01. The molecular weight excluding hydrogens is 407 g/mol. The molecule has 0 radical (unpaired) electrons. The van der Waals surface area contributed by atoms with Crippen molar-refractivity contribution in [1.82, 2.24) is 19.6 Å². The van der Waals surface area contributed by atoms with Crippen molar-refractivity contribution in [3.63, 3.8) is 0 Å². The highest BCUT2D eigenvalue weighted by Crippen LogP contribution is 2.20. The standard InChI is InChI=1S/C25H27FN4O2/c1-18-22(19(2)30(27-18)20-9-4-3-5-10-20)17-24(31)28-13-8-14-29(16-15-28)25(32)21-11-6-7-12-23(21)26/h3-7,9-12H,8,13-17H2,1-2H3. The number of aryl methyl sites for hydroxylation is 1. The van der Waals surface area contributed by atoms with E-state index in [1.165, 1.54) is 12.1 Å². The molecule has 7 heteroatoms. The Kier molecular flexibility index (Phi) is 6.35. The molecule has 1 aromatic heterocycles. The SMILES string of the molecule is Cc1nn(-c2ccccc2)c(C)c1CC(=O)N1CCCN(C(=O)c2ccccc2F)CC1. The average Bonchev–Trinajstić information content (AvgIpc) is 2.98. The van der Waals surface area contributed by atoms with Crippen LogP contribution >= 0.6 is 0 Å². The predicted octanol–water partition coefficient (Wildman–Crippen LogP) is 3.55. The number of benzene rings is 2. The Morgan fingerprint density at radius 2 is 1.56 bits per heavy atom. The summed E-state index contributed by atoms with van der Waals surface area (Å²) in [6, 6.07) is 15.9. The van der Waals surface area contributed by atoms with Crippen LogP contribution < -0.4 is 0 Å². The lowest BCUT2D eigenvalue weighted by Gasteiger charge is -2.22. The van der Waals surface area contributed by atoms with Crippen molar-refractivity contribution >= 4 is 11.8 Å². The van der Waals surface area contributed by atoms with E-state index in [-0.39, 0.29) is 23.8 Å². The second-order valence-electron chi connectivity index (χ2n) is 8.08. The van der Waals surface area contributed by atoms with E-state index < -0.39 is 5.82 Å². The molecule has 1 aliphatic heterocycles. The van der Waals surface area contributed by atoms with Gasteiger partial charge in [-0.05, 0) is 44.5 Å². The molecule has 0 spiro atoms. The Labute approximate surface area is 187 Å². The summed E-state index contributed by atoms with van der Waals surface area (Å²) in [5.74, 6) is -0.826. The maximum absolute atomic E-state index is 14.0. The summed E-state index contributed by atoms with van der Waals surface area (Å²) in [7, 11) is 0. The molecule has 0 aliphatic carbocycles. The lowest BCUT2D eigenvalue weighted by atomic mass is 10.1. The van der Waals surface area contributed by atoms with E-state index in [0.29, 0.717) is 32.6 Å². The van der Waals surface area contributed by atoms with Crippen LogP contribution in [-0.4, -0.2) is 57.6 Å². The summed E-state index contributed by atoms with van der Waals surface area (Å²) >= 11 is 0. The summed E-state index contributed by atoms with van der Waals surface area (Å²) in [6.45, 7) is 5.80. The Balaban J connectivity index is 1.44. The van der Waals surface area contributed by atoms with Crippen molar-refractivity contribution in [3.05, 3.63) is 82.9 Å². The highest BCUT2D eigenvalue weighted by Gasteiger charge is 2.25. The normalized spacial score (nSPS) is 14.3. The minimum Gasteiger partial charge on any atom is -0.341 e. The van der Waals surface area contributed by atoms with Crippen LogP contribution in [0.4, 0.5) is 4.39 Å². The minimum absolute atomic E-state index is 0.0176. The summed E-state index contributed by atoms with van der Waals surface area (Å²) < 4.78 is 15.9. The van der Waals surface area contributed by atoms with E-state index in [9.17, 15) is 14.0 Å². The molecule has 0 atom stereocenters. The highest BCUT2D eigenvalue weighted by molar-refractivity contribution is 5.94. The predicted molar refractivity (Wildman–Crippen MR) is 120 cm³/mol. The molecule has 0 saturated carbocycles. The van der Waals surface area contributed by atoms with Crippen molar-refractivity contribution in [2.75, 3.05) is 26.2 Å². The van der Waals surface area contributed by atoms with Gasteiger partial charge < -0.3 is 9.80 Å². The first kappa shape index (κ1) is 21.7. The molecule has 4 rings (SSSR count). The summed E-state index contributed by atoms with van der Waals surface area (Å²) in [5, 5.41) is 4.63. The van der Waals surface area contributed by atoms with Gasteiger partial charge in [0, 0.05) is 37.4 Å². The number of nitrogens with zero attached hydrogens (tertiary/aromatic N) is 4. The van der Waals surface area contributed by atoms with Crippen molar-refractivity contribution in [2.45, 2.75) is 26.7 Å². The van der Waals surface area contributed by atoms with Gasteiger partial charge in [0.2, 0.25) is 5.91 Å². The van der Waals surface area contributed by atoms with Gasteiger partial charge in [-0.15, -0.1) is 0 Å². The van der Waals surface area contributed by atoms with E-state index in [4.69, 9.17) is 0 Å². The summed E-state index contributed by atoms with van der Waals surface area (Å²) in [5.41, 5.74) is 3.76. The highest BCUT2D eigenvalue weighted by atomic mass is 19.1. The number of halogens is 1. The first-order valence-corrected chi connectivity index (χ1v) is 10.9. The van der Waals surface area contributed by atoms with Crippen LogP contribution in [0.25, 0.3) is 5.69 Å². The molecule has 2 amide bonds. The van der Waals surface area contributed by atoms with E-state index in [0.717, 1.165) is 22.6 Å². The fourth-order valence-corrected chi connectivity index (χ4v) is 4.19. The van der Waals surface area contributed by atoms with E-state index in [2.05, 4.69) is 5.10 Å². The Morgan fingerprint density at radius 1 is 0.906 bits per heavy atom. The van der Waals surface area contributed by atoms with E-state index in [1.54, 1.807) is 21.9 Å². The molecule has 2 aromatic carbocycles. The number of aromatic nitrogens is 2. The van der Waals surface area contributed by atoms with Gasteiger partial charge in [-0.1, -0.05) is 30.3 Å². The van der Waals surface area contributed by atoms with Gasteiger partial charge >= 0.3 is 0 Å². The molecule has 0 unspecified atom stereocenters. The maximum Gasteiger partial charge on any atom is 0.256 e. The average molecular weight is 435 g/mol. The monoisotopic (exact) mass is 434 g/mol. The quantitative estimate of drug-likeness (QED) is 0.631. The molecule has 6 nitrogen and oxygen atoms in total. The van der Waals surface area contributed by atoms with Gasteiger partial charge in [0.25, 0.3) is 5.91 Å². The lowest BCUT2D eigenvalue weighted by Crippen LogP contribution is -2.38. The summed E-state index contributed by atoms with van der Waals surface area (Å²) in [6.07, 6.45) is 0.929. The number of carbonyl (C=O) groups excluding carboxylic acids is 2. The Morgan fingerprint density at radius 3 is 2.31 bits per heavy atom. The number of para-hydroxylation sites is 1. The third kappa shape index (κ3) is 4.42. The van der Waals surface area contributed by atoms with Crippen LogP contribution in [0.5, 0.6) is 0 Å². The molecule has 0 bridgehead atoms. The fourth-order valence-electron chi connectivity index (χ4n) is 4.19. The minimum atomic E-state index is -0.518. The smallest absolute Gasteiger partial charge is 0.256 e. The second kappa shape index (κ2) is 9.34. The topological polar surface area (TPSA) is 58.4 Å². The Hall–Kier alpha value is -3.48. The van der Waals surface area contributed by atoms with Crippen LogP contribution in [0.1, 0.15) is 33.7 Å². The van der Waals surface area contributed by atoms with Crippen LogP contribution in [0, 0.1) is 19.7 Å². The van der Waals surface area contributed by atoms with Gasteiger partial charge in [0.1, 0.15) is 5.82 Å². The molecule has 1 fully saturated rings. The zero-order valence-corrected chi connectivity index (χ0v) is 18.4. The van der Waals surface area contributed by atoms with Crippen molar-refractivity contribution < 1.29 is 14.0 Å². The Bertz CT molecular complexity index is 1130. The van der Waals surface area contributed by atoms with Gasteiger partial charge in [0.05, 0.1) is 23.4 Å². The lowest BCUT2D eigenvalue weighted by molar-refractivity contribution is -0.130. The van der Waals surface area contributed by atoms with E-state index in [1.807, 2.05) is 48.9 Å². The van der Waals surface area contributed by atoms with E-state index >= 15 is 0 Å². The third-order valence-corrected chi connectivity index (χ3v) is 6.01. The summed E-state index contributed by atoms with van der Waals surface area (Å²) in [4.78, 5) is 29.3. The molecule has 32 heavy (non-hydrogen) atoms. The maximum atomic E-state index is 14.0. The zero-order valence-electron chi connectivity index (χ0n) is 18.4. The fraction of sp³-hybridized carbons (Fsp3) is 0.320. The van der Waals surface area contributed by atoms with Gasteiger partial charge in [-0.25, -0.2) is 9.07 Å². The first-order valence-electron chi connectivity index (χ1n) is 10.9. The second-order valence-corrected chi connectivity index (χ2v) is 8.08. The number of hydrogen-bond acceptors (Lipinski definition) is 3. The van der Waals surface area contributed by atoms with Crippen LogP contribution in [0.15, 0.2) is 54.6 Å². The van der Waals surface area contributed by atoms with Gasteiger partial charge in [-0.3, -0.25) is 9.59 Å². The molecule has 2 heterocycles. The molecule has 1 saturated heterocycles. The van der Waals surface area contributed by atoms with Crippen LogP contribution in [0.2, 0.25) is 0 Å².